The van der Waals surface area contributed by atoms with E-state index in [4.69, 9.17) is 6.42 Å². The standard InChI is InChI=1S/C19H29IN2O/c1-6-18(8-7-16(4)15(2)3)13-21-9-11-22(12-10-21)14-19(23)17(5)20/h1,7-8,15,17H,9-14H2,2-5H3/b16-7+,18-8+. The molecule has 4 heteroatoms. The fourth-order valence-electron chi connectivity index (χ4n) is 2.26. The van der Waals surface area contributed by atoms with Crippen LogP contribution in [0.1, 0.15) is 27.7 Å². The van der Waals surface area contributed by atoms with E-state index in [-0.39, 0.29) is 3.92 Å². The molecule has 1 atom stereocenters. The molecule has 0 spiro atoms. The lowest BCUT2D eigenvalue weighted by Crippen LogP contribution is -2.48. The minimum absolute atomic E-state index is 0.0950. The van der Waals surface area contributed by atoms with Crippen molar-refractivity contribution >= 4 is 28.4 Å². The number of carbonyl (C=O) groups excluding carboxylic acids is 1. The second kappa shape index (κ2) is 10.3. The van der Waals surface area contributed by atoms with Crippen LogP contribution >= 0.6 is 22.6 Å². The van der Waals surface area contributed by atoms with Gasteiger partial charge in [0.25, 0.3) is 0 Å². The van der Waals surface area contributed by atoms with Gasteiger partial charge in [-0.1, -0.05) is 54.0 Å². The van der Waals surface area contributed by atoms with Gasteiger partial charge in [-0.25, -0.2) is 0 Å². The van der Waals surface area contributed by atoms with E-state index in [1.165, 1.54) is 5.57 Å². The van der Waals surface area contributed by atoms with Gasteiger partial charge in [0.1, 0.15) is 0 Å². The van der Waals surface area contributed by atoms with Gasteiger partial charge in [0, 0.05) is 38.3 Å². The highest BCUT2D eigenvalue weighted by molar-refractivity contribution is 14.1. The Morgan fingerprint density at radius 3 is 2.09 bits per heavy atom. The van der Waals surface area contributed by atoms with E-state index in [9.17, 15) is 4.79 Å². The number of halogens is 1. The molecule has 0 amide bonds. The predicted molar refractivity (Wildman–Crippen MR) is 107 cm³/mol. The van der Waals surface area contributed by atoms with Crippen LogP contribution in [0.15, 0.2) is 23.3 Å². The van der Waals surface area contributed by atoms with Crippen LogP contribution in [0.2, 0.25) is 0 Å². The Balaban J connectivity index is 2.48. The van der Waals surface area contributed by atoms with Gasteiger partial charge in [-0.05, 0) is 25.8 Å². The fraction of sp³-hybridized carbons (Fsp3) is 0.632. The van der Waals surface area contributed by atoms with Crippen molar-refractivity contribution in [3.63, 3.8) is 0 Å². The average molecular weight is 428 g/mol. The number of allylic oxidation sites excluding steroid dienone is 3. The van der Waals surface area contributed by atoms with Crippen LogP contribution in [0.25, 0.3) is 0 Å². The van der Waals surface area contributed by atoms with Gasteiger partial charge in [-0.2, -0.15) is 0 Å². The molecule has 1 fully saturated rings. The highest BCUT2D eigenvalue weighted by Gasteiger charge is 2.20. The van der Waals surface area contributed by atoms with Crippen LogP contribution in [-0.4, -0.2) is 58.8 Å². The number of piperazine rings is 1. The molecule has 1 rings (SSSR count). The molecular weight excluding hydrogens is 399 g/mol. The molecule has 1 saturated heterocycles. The quantitative estimate of drug-likeness (QED) is 0.270. The van der Waals surface area contributed by atoms with Gasteiger partial charge in [-0.15, -0.1) is 6.42 Å². The Kier molecular flexibility index (Phi) is 9.11. The van der Waals surface area contributed by atoms with Gasteiger partial charge in [-0.3, -0.25) is 14.6 Å². The summed E-state index contributed by atoms with van der Waals surface area (Å²) in [5.74, 6) is 3.67. The first-order valence-corrected chi connectivity index (χ1v) is 9.53. The maximum atomic E-state index is 11.8. The van der Waals surface area contributed by atoms with Crippen LogP contribution in [0.3, 0.4) is 0 Å². The summed E-state index contributed by atoms with van der Waals surface area (Å²) in [6, 6.07) is 0. The van der Waals surface area contributed by atoms with E-state index < -0.39 is 0 Å². The zero-order valence-corrected chi connectivity index (χ0v) is 17.0. The summed E-state index contributed by atoms with van der Waals surface area (Å²) in [6.07, 6.45) is 9.86. The third-order valence-corrected chi connectivity index (χ3v) is 5.02. The number of Topliss-reactive ketones (excluding diaryl/α,β-unsaturated/α-hetero) is 1. The zero-order valence-electron chi connectivity index (χ0n) is 14.8. The number of hydrogen-bond acceptors (Lipinski definition) is 3. The summed E-state index contributed by atoms with van der Waals surface area (Å²) in [5, 5.41) is 0. The lowest BCUT2D eigenvalue weighted by Gasteiger charge is -2.34. The van der Waals surface area contributed by atoms with Gasteiger partial charge in [0.15, 0.2) is 5.78 Å². The molecule has 1 aliphatic heterocycles. The summed E-state index contributed by atoms with van der Waals surface area (Å²) in [6.45, 7) is 13.7. The smallest absolute Gasteiger partial charge is 0.159 e. The molecule has 0 aromatic rings. The SMILES string of the molecule is C#C/C(=C\C=C(/C)C(C)C)CN1CCN(CC(=O)C(C)I)CC1. The lowest BCUT2D eigenvalue weighted by atomic mass is 10.0. The van der Waals surface area contributed by atoms with E-state index in [0.29, 0.717) is 18.2 Å². The summed E-state index contributed by atoms with van der Waals surface area (Å²) < 4.78 is 0.0950. The minimum atomic E-state index is 0.0950. The highest BCUT2D eigenvalue weighted by atomic mass is 127. The summed E-state index contributed by atoms with van der Waals surface area (Å²) in [4.78, 5) is 16.4. The molecule has 23 heavy (non-hydrogen) atoms. The largest absolute Gasteiger partial charge is 0.297 e. The van der Waals surface area contributed by atoms with Crippen molar-refractivity contribution in [2.75, 3.05) is 39.3 Å². The first-order chi connectivity index (χ1) is 10.8. The number of carbonyl (C=O) groups is 1. The van der Waals surface area contributed by atoms with Crippen molar-refractivity contribution < 1.29 is 4.79 Å². The van der Waals surface area contributed by atoms with E-state index >= 15 is 0 Å². The number of ketones is 1. The second-order valence-corrected chi connectivity index (χ2v) is 8.40. The molecule has 0 radical (unpaired) electrons. The van der Waals surface area contributed by atoms with Crippen LogP contribution in [-0.2, 0) is 4.79 Å². The van der Waals surface area contributed by atoms with Crippen molar-refractivity contribution in [1.29, 1.82) is 0 Å². The Morgan fingerprint density at radius 2 is 1.65 bits per heavy atom. The Bertz CT molecular complexity index is 492. The molecule has 0 saturated carbocycles. The highest BCUT2D eigenvalue weighted by Crippen LogP contribution is 2.11. The topological polar surface area (TPSA) is 23.6 Å². The van der Waals surface area contributed by atoms with Gasteiger partial charge in [0.05, 0.1) is 10.5 Å². The van der Waals surface area contributed by atoms with Gasteiger partial charge in [0.2, 0.25) is 0 Å². The summed E-state index contributed by atoms with van der Waals surface area (Å²) >= 11 is 2.19. The maximum absolute atomic E-state index is 11.8. The van der Waals surface area contributed by atoms with E-state index in [1.807, 2.05) is 6.92 Å². The average Bonchev–Trinajstić information content (AvgIpc) is 2.52. The maximum Gasteiger partial charge on any atom is 0.159 e. The molecule has 0 aromatic heterocycles. The Hall–Kier alpha value is -0.640. The van der Waals surface area contributed by atoms with Crippen molar-refractivity contribution in [1.82, 2.24) is 9.80 Å². The summed E-state index contributed by atoms with van der Waals surface area (Å²) in [7, 11) is 0. The first-order valence-electron chi connectivity index (χ1n) is 8.29. The minimum Gasteiger partial charge on any atom is -0.297 e. The Labute approximate surface area is 155 Å². The number of nitrogens with zero attached hydrogens (tertiary/aromatic N) is 2. The number of terminal acetylenes is 1. The van der Waals surface area contributed by atoms with Crippen molar-refractivity contribution in [2.24, 2.45) is 5.92 Å². The van der Waals surface area contributed by atoms with Gasteiger partial charge >= 0.3 is 0 Å². The molecule has 1 heterocycles. The molecule has 1 unspecified atom stereocenters. The lowest BCUT2D eigenvalue weighted by molar-refractivity contribution is -0.119. The molecule has 0 bridgehead atoms. The van der Waals surface area contributed by atoms with Crippen LogP contribution in [0, 0.1) is 18.3 Å². The molecule has 128 valence electrons. The molecule has 0 aliphatic carbocycles. The van der Waals surface area contributed by atoms with Crippen molar-refractivity contribution in [2.45, 2.75) is 31.6 Å². The molecule has 0 N–H and O–H groups in total. The molecule has 3 nitrogen and oxygen atoms in total. The van der Waals surface area contributed by atoms with Crippen molar-refractivity contribution in [3.05, 3.63) is 23.3 Å². The van der Waals surface area contributed by atoms with E-state index in [0.717, 1.165) is 38.3 Å². The Morgan fingerprint density at radius 1 is 1.13 bits per heavy atom. The van der Waals surface area contributed by atoms with Gasteiger partial charge < -0.3 is 0 Å². The number of hydrogen-bond donors (Lipinski definition) is 0. The second-order valence-electron chi connectivity index (χ2n) is 6.54. The zero-order chi connectivity index (χ0) is 17.4. The normalized spacial score (nSPS) is 19.7. The molecule has 0 aromatic carbocycles. The van der Waals surface area contributed by atoms with Crippen LogP contribution in [0.4, 0.5) is 0 Å². The third-order valence-electron chi connectivity index (χ3n) is 4.33. The number of rotatable bonds is 7. The van der Waals surface area contributed by atoms with Crippen molar-refractivity contribution in [3.8, 4) is 12.3 Å². The monoisotopic (exact) mass is 428 g/mol. The summed E-state index contributed by atoms with van der Waals surface area (Å²) in [5.41, 5.74) is 2.37. The van der Waals surface area contributed by atoms with Crippen LogP contribution < -0.4 is 0 Å². The fourth-order valence-corrected chi connectivity index (χ4v) is 2.46. The number of alkyl halides is 1. The molecular formula is C19H29IN2O. The first kappa shape index (κ1) is 20.4. The molecule has 1 aliphatic rings. The predicted octanol–water partition coefficient (Wildman–Crippen LogP) is 3.16. The van der Waals surface area contributed by atoms with E-state index in [1.54, 1.807) is 0 Å². The van der Waals surface area contributed by atoms with E-state index in [2.05, 4.69) is 71.2 Å². The third kappa shape index (κ3) is 7.65. The van der Waals surface area contributed by atoms with Crippen LogP contribution in [0.5, 0.6) is 0 Å².